The maximum atomic E-state index is 10.4. The van der Waals surface area contributed by atoms with Crippen molar-refractivity contribution in [3.63, 3.8) is 0 Å². The fourth-order valence-electron chi connectivity index (χ4n) is 0.659. The number of phosphoric acid groups is 1. The molecule has 1 aromatic carbocycles. The molecule has 0 aliphatic heterocycles. The van der Waals surface area contributed by atoms with Gasteiger partial charge in [0.25, 0.3) is 0 Å². The van der Waals surface area contributed by atoms with E-state index >= 15 is 0 Å². The molecule has 0 amide bonds. The third-order valence-corrected chi connectivity index (χ3v) is 2.64. The van der Waals surface area contributed by atoms with Crippen molar-refractivity contribution in [1.29, 1.82) is 0 Å². The van der Waals surface area contributed by atoms with Gasteiger partial charge in [0.1, 0.15) is 20.8 Å². The van der Waals surface area contributed by atoms with Crippen LogP contribution in [0.3, 0.4) is 0 Å². The molecule has 92 valence electrons. The number of benzene rings is 1. The molecule has 0 fully saturated rings. The minimum atomic E-state index is -4.64. The van der Waals surface area contributed by atoms with Crippen molar-refractivity contribution in [3.05, 3.63) is 15.7 Å². The summed E-state index contributed by atoms with van der Waals surface area (Å²) in [5, 5.41) is 26.8. The lowest BCUT2D eigenvalue weighted by Crippen LogP contribution is -1.75. The van der Waals surface area contributed by atoms with Crippen LogP contribution in [0.5, 0.6) is 17.2 Å². The van der Waals surface area contributed by atoms with Gasteiger partial charge < -0.3 is 30.0 Å². The number of rotatable bonds is 1. The van der Waals surface area contributed by atoms with Crippen molar-refractivity contribution in [3.8, 4) is 17.2 Å². The first-order valence-corrected chi connectivity index (χ1v) is 6.98. The lowest BCUT2D eigenvalue weighted by atomic mass is 10.3. The fraction of sp³-hybridized carbons (Fsp3) is 0. The molecule has 0 saturated heterocycles. The Morgan fingerprint density at radius 2 is 1.31 bits per heavy atom. The molecule has 0 radical (unpaired) electrons. The summed E-state index contributed by atoms with van der Waals surface area (Å²) < 4.78 is 19.3. The Bertz CT molecular complexity index is 395. The highest BCUT2D eigenvalue weighted by atomic mass is 127. The van der Waals surface area contributed by atoms with Crippen molar-refractivity contribution >= 4 is 29.0 Å². The highest BCUT2D eigenvalue weighted by Gasteiger charge is 2.08. The smallest absolute Gasteiger partial charge is 0.466 e. The zero-order chi connectivity index (χ0) is 12.9. The minimum absolute atomic E-state index is 0.0154. The van der Waals surface area contributed by atoms with E-state index in [2.05, 4.69) is 0 Å². The Morgan fingerprint density at radius 3 is 1.56 bits per heavy atom. The second kappa shape index (κ2) is 6.11. The highest BCUT2D eigenvalue weighted by molar-refractivity contribution is 14.1. The molecule has 0 heterocycles. The molecular weight excluding hydrogens is 358 g/mol. The van der Waals surface area contributed by atoms with E-state index in [1.807, 2.05) is 0 Å². The molecular formula is C6H8IO8P. The molecule has 0 aliphatic carbocycles. The van der Waals surface area contributed by atoms with Crippen LogP contribution in [-0.2, 0) is 7.63 Å². The predicted octanol–water partition coefficient (Wildman–Crippen LogP) is 0.361. The van der Waals surface area contributed by atoms with Gasteiger partial charge in [0, 0.05) is 12.1 Å². The van der Waals surface area contributed by atoms with Crippen LogP contribution in [0, 0.1) is 3.57 Å². The van der Waals surface area contributed by atoms with Gasteiger partial charge >= 0.3 is 7.82 Å². The largest absolute Gasteiger partial charge is 0.508 e. The number of phenolic OH excluding ortho intramolecular Hbond substituents is 3. The molecule has 0 spiro atoms. The molecule has 10 heteroatoms. The van der Waals surface area contributed by atoms with Gasteiger partial charge in [0.15, 0.2) is 21.2 Å². The second-order valence-corrected chi connectivity index (χ2v) is 4.93. The van der Waals surface area contributed by atoms with E-state index in [-0.39, 0.29) is 20.8 Å². The lowest BCUT2D eigenvalue weighted by molar-refractivity contribution is 0.275. The maximum absolute atomic E-state index is 10.4. The molecule has 0 unspecified atom stereocenters. The molecule has 1 aromatic rings. The Morgan fingerprint density at radius 1 is 1.00 bits per heavy atom. The van der Waals surface area contributed by atoms with Crippen molar-refractivity contribution < 1.29 is 37.6 Å². The fourth-order valence-corrected chi connectivity index (χ4v) is 1.42. The van der Waals surface area contributed by atoms with E-state index in [1.54, 1.807) is 0 Å². The van der Waals surface area contributed by atoms with Crippen LogP contribution in [0.15, 0.2) is 12.1 Å². The van der Waals surface area contributed by atoms with E-state index in [1.165, 1.54) is 0 Å². The topological polar surface area (TPSA) is 156 Å². The first-order chi connectivity index (χ1) is 7.15. The quantitative estimate of drug-likeness (QED) is 0.307. The Kier molecular flexibility index (Phi) is 5.83. The van der Waals surface area contributed by atoms with Gasteiger partial charge in [-0.2, -0.15) is 0 Å². The number of halogens is 1. The molecule has 0 saturated carbocycles. The number of hydrogen-bond donors (Lipinski definition) is 6. The summed E-state index contributed by atoms with van der Waals surface area (Å²) in [5.74, 6) is -0.906. The predicted molar refractivity (Wildman–Crippen MR) is 59.1 cm³/mol. The average molecular weight is 366 g/mol. The van der Waals surface area contributed by atoms with Crippen LogP contribution in [0.1, 0.15) is 0 Å². The SMILES string of the molecule is O=Ic1c(O)cc(O)cc1O.O=P(O)(O)O. The third-order valence-electron chi connectivity index (χ3n) is 1.10. The zero-order valence-corrected chi connectivity index (χ0v) is 10.5. The Hall–Kier alpha value is -0.740. The maximum Gasteiger partial charge on any atom is 0.466 e. The molecule has 8 nitrogen and oxygen atoms in total. The van der Waals surface area contributed by atoms with E-state index in [4.69, 9.17) is 34.6 Å². The van der Waals surface area contributed by atoms with Gasteiger partial charge in [-0.3, -0.25) is 3.07 Å². The summed E-state index contributed by atoms with van der Waals surface area (Å²) >= 11 is -1.61. The van der Waals surface area contributed by atoms with E-state index < -0.39 is 29.0 Å². The average Bonchev–Trinajstić information content (AvgIpc) is 1.99. The zero-order valence-electron chi connectivity index (χ0n) is 7.48. The van der Waals surface area contributed by atoms with Gasteiger partial charge in [0.2, 0.25) is 0 Å². The minimum Gasteiger partial charge on any atom is -0.508 e. The van der Waals surface area contributed by atoms with E-state index in [9.17, 15) is 3.07 Å². The van der Waals surface area contributed by atoms with Crippen molar-refractivity contribution in [2.24, 2.45) is 0 Å². The third kappa shape index (κ3) is 6.69. The molecule has 0 aliphatic rings. The highest BCUT2D eigenvalue weighted by Crippen LogP contribution is 2.34. The van der Waals surface area contributed by atoms with E-state index in [0.29, 0.717) is 0 Å². The standard InChI is InChI=1S/C6H5IO4.H3O4P/c8-3-1-4(9)6(7-11)5(10)2-3;1-5(2,3)4/h1-2,8-10H;(H3,1,2,3,4). The molecule has 1 rings (SSSR count). The van der Waals surface area contributed by atoms with Crippen molar-refractivity contribution in [2.75, 3.05) is 0 Å². The summed E-state index contributed by atoms with van der Waals surface area (Å²) in [6.07, 6.45) is 0. The molecule has 0 aromatic heterocycles. The number of aromatic hydroxyl groups is 3. The normalized spacial score (nSPS) is 10.4. The molecule has 16 heavy (non-hydrogen) atoms. The Labute approximate surface area is 99.7 Å². The van der Waals surface area contributed by atoms with Gasteiger partial charge in [-0.05, 0) is 0 Å². The van der Waals surface area contributed by atoms with Gasteiger partial charge in [0.05, 0.1) is 0 Å². The monoisotopic (exact) mass is 366 g/mol. The van der Waals surface area contributed by atoms with Crippen LogP contribution in [-0.4, -0.2) is 30.0 Å². The van der Waals surface area contributed by atoms with Gasteiger partial charge in [-0.25, -0.2) is 4.57 Å². The first kappa shape index (κ1) is 15.3. The Balaban J connectivity index is 0.000000385. The van der Waals surface area contributed by atoms with E-state index in [0.717, 1.165) is 12.1 Å². The van der Waals surface area contributed by atoms with Gasteiger partial charge in [-0.15, -0.1) is 0 Å². The lowest BCUT2D eigenvalue weighted by Gasteiger charge is -1.99. The molecule has 0 atom stereocenters. The van der Waals surface area contributed by atoms with Gasteiger partial charge in [-0.1, -0.05) is 0 Å². The summed E-state index contributed by atoms with van der Waals surface area (Å²) in [4.78, 5) is 21.6. The van der Waals surface area contributed by atoms with Crippen LogP contribution in [0.4, 0.5) is 0 Å². The summed E-state index contributed by atoms with van der Waals surface area (Å²) in [6.45, 7) is 0. The first-order valence-electron chi connectivity index (χ1n) is 3.45. The van der Waals surface area contributed by atoms with Crippen LogP contribution < -0.4 is 0 Å². The van der Waals surface area contributed by atoms with Crippen LogP contribution >= 0.6 is 29.0 Å². The van der Waals surface area contributed by atoms with Crippen LogP contribution in [0.25, 0.3) is 0 Å². The molecule has 6 N–H and O–H groups in total. The second-order valence-electron chi connectivity index (χ2n) is 2.39. The van der Waals surface area contributed by atoms with Crippen molar-refractivity contribution in [2.45, 2.75) is 0 Å². The number of phenols is 3. The summed E-state index contributed by atoms with van der Waals surface area (Å²) in [5.41, 5.74) is 0. The number of hydrogen-bond acceptors (Lipinski definition) is 5. The molecule has 0 bridgehead atoms. The summed E-state index contributed by atoms with van der Waals surface area (Å²) in [6, 6.07) is 2.07. The summed E-state index contributed by atoms with van der Waals surface area (Å²) in [7, 11) is -4.64. The van der Waals surface area contributed by atoms with Crippen molar-refractivity contribution in [1.82, 2.24) is 0 Å². The van der Waals surface area contributed by atoms with Crippen LogP contribution in [0.2, 0.25) is 0 Å².